The lowest BCUT2D eigenvalue weighted by atomic mass is 10.1. The van der Waals surface area contributed by atoms with E-state index in [9.17, 15) is 9.59 Å². The summed E-state index contributed by atoms with van der Waals surface area (Å²) in [5.41, 5.74) is 2.66. The minimum absolute atomic E-state index is 0.0378. The Morgan fingerprint density at radius 2 is 1.85 bits per heavy atom. The number of amides is 3. The Kier molecular flexibility index (Phi) is 5.85. The number of ether oxygens (including phenoxy) is 1. The van der Waals surface area contributed by atoms with Crippen molar-refractivity contribution in [1.29, 1.82) is 0 Å². The highest BCUT2D eigenvalue weighted by Gasteiger charge is 2.21. The van der Waals surface area contributed by atoms with Gasteiger partial charge in [0.05, 0.1) is 5.69 Å². The molecule has 26 heavy (non-hydrogen) atoms. The van der Waals surface area contributed by atoms with E-state index in [4.69, 9.17) is 4.74 Å². The van der Waals surface area contributed by atoms with Crippen LogP contribution in [0.25, 0.3) is 11.3 Å². The van der Waals surface area contributed by atoms with Gasteiger partial charge in [-0.25, -0.2) is 4.79 Å². The van der Waals surface area contributed by atoms with E-state index in [1.165, 1.54) is 7.11 Å². The van der Waals surface area contributed by atoms with Crippen LogP contribution in [0, 0.1) is 0 Å². The Balaban J connectivity index is 1.55. The molecule has 2 aromatic rings. The van der Waals surface area contributed by atoms with Crippen molar-refractivity contribution in [2.75, 3.05) is 45.2 Å². The number of benzene rings is 1. The fourth-order valence-electron chi connectivity index (χ4n) is 2.94. The van der Waals surface area contributed by atoms with Crippen LogP contribution in [0.1, 0.15) is 6.42 Å². The number of aromatic amines is 1. The van der Waals surface area contributed by atoms with Gasteiger partial charge in [-0.1, -0.05) is 12.1 Å². The molecular weight excluding hydrogens is 334 g/mol. The van der Waals surface area contributed by atoms with E-state index in [2.05, 4.69) is 15.5 Å². The predicted molar refractivity (Wildman–Crippen MR) is 97.7 cm³/mol. The minimum atomic E-state index is -0.152. The number of H-pyrrole nitrogens is 1. The quantitative estimate of drug-likeness (QED) is 0.873. The van der Waals surface area contributed by atoms with Crippen LogP contribution in [0.2, 0.25) is 0 Å². The molecule has 1 fully saturated rings. The molecule has 0 radical (unpaired) electrons. The van der Waals surface area contributed by atoms with Crippen molar-refractivity contribution in [2.45, 2.75) is 6.42 Å². The summed E-state index contributed by atoms with van der Waals surface area (Å²) in [6.07, 6.45) is 2.45. The zero-order chi connectivity index (χ0) is 18.4. The van der Waals surface area contributed by atoms with Gasteiger partial charge in [0.2, 0.25) is 5.91 Å². The number of carbonyl (C=O) groups is 2. The molecule has 2 heterocycles. The lowest BCUT2D eigenvalue weighted by Gasteiger charge is -2.22. The first-order valence-corrected chi connectivity index (χ1v) is 8.60. The van der Waals surface area contributed by atoms with Crippen LogP contribution >= 0.6 is 0 Å². The van der Waals surface area contributed by atoms with Crippen molar-refractivity contribution in [3.63, 3.8) is 0 Å². The highest BCUT2D eigenvalue weighted by Crippen LogP contribution is 2.19. The molecule has 0 saturated carbocycles. The molecule has 1 aromatic heterocycles. The van der Waals surface area contributed by atoms with Gasteiger partial charge in [0.1, 0.15) is 6.61 Å². The molecule has 0 bridgehead atoms. The Morgan fingerprint density at radius 3 is 2.54 bits per heavy atom. The van der Waals surface area contributed by atoms with Gasteiger partial charge in [-0.15, -0.1) is 0 Å². The van der Waals surface area contributed by atoms with E-state index >= 15 is 0 Å². The number of rotatable bonds is 4. The number of carbonyl (C=O) groups excluding carboxylic acids is 2. The molecule has 0 aliphatic carbocycles. The fraction of sp³-hybridized carbons (Fsp3) is 0.389. The second-order valence-corrected chi connectivity index (χ2v) is 6.13. The van der Waals surface area contributed by atoms with Gasteiger partial charge in [0.15, 0.2) is 0 Å². The van der Waals surface area contributed by atoms with Gasteiger partial charge >= 0.3 is 6.03 Å². The molecule has 1 aliphatic rings. The van der Waals surface area contributed by atoms with E-state index in [1.54, 1.807) is 16.0 Å². The number of aromatic nitrogens is 2. The van der Waals surface area contributed by atoms with E-state index < -0.39 is 0 Å². The first kappa shape index (κ1) is 17.9. The third-order valence-electron chi connectivity index (χ3n) is 4.35. The summed E-state index contributed by atoms with van der Waals surface area (Å²) < 4.78 is 4.90. The third kappa shape index (κ3) is 4.40. The maximum Gasteiger partial charge on any atom is 0.321 e. The van der Waals surface area contributed by atoms with Gasteiger partial charge in [-0.05, 0) is 30.2 Å². The van der Waals surface area contributed by atoms with Crippen molar-refractivity contribution < 1.29 is 14.3 Å². The molecular formula is C18H23N5O3. The summed E-state index contributed by atoms with van der Waals surface area (Å²) in [6, 6.07) is 9.32. The summed E-state index contributed by atoms with van der Waals surface area (Å²) in [5.74, 6) is -0.0378. The van der Waals surface area contributed by atoms with Gasteiger partial charge in [-0.2, -0.15) is 5.10 Å². The molecule has 8 nitrogen and oxygen atoms in total. The topological polar surface area (TPSA) is 90.6 Å². The predicted octanol–water partition coefficient (Wildman–Crippen LogP) is 1.79. The summed E-state index contributed by atoms with van der Waals surface area (Å²) >= 11 is 0. The lowest BCUT2D eigenvalue weighted by Crippen LogP contribution is -2.40. The molecule has 0 spiro atoms. The smallest absolute Gasteiger partial charge is 0.321 e. The van der Waals surface area contributed by atoms with Gasteiger partial charge in [0.25, 0.3) is 0 Å². The maximum absolute atomic E-state index is 12.5. The SMILES string of the molecule is COCC(=O)N1CCCN(C(=O)Nc2ccc(-c3ccn[nH]3)cc2)CC1. The summed E-state index contributed by atoms with van der Waals surface area (Å²) in [4.78, 5) is 27.9. The zero-order valence-corrected chi connectivity index (χ0v) is 14.8. The Labute approximate surface area is 152 Å². The number of anilines is 1. The molecule has 1 aliphatic heterocycles. The Morgan fingerprint density at radius 1 is 1.12 bits per heavy atom. The molecule has 138 valence electrons. The van der Waals surface area contributed by atoms with Crippen molar-refractivity contribution in [3.05, 3.63) is 36.5 Å². The Bertz CT molecular complexity index is 730. The van der Waals surface area contributed by atoms with Crippen LogP contribution in [-0.2, 0) is 9.53 Å². The van der Waals surface area contributed by atoms with Crippen LogP contribution in [0.5, 0.6) is 0 Å². The summed E-state index contributed by atoms with van der Waals surface area (Å²) in [5, 5.41) is 9.75. The van der Waals surface area contributed by atoms with Crippen molar-refractivity contribution in [2.24, 2.45) is 0 Å². The molecule has 3 rings (SSSR count). The van der Waals surface area contributed by atoms with Crippen LogP contribution in [-0.4, -0.2) is 71.8 Å². The van der Waals surface area contributed by atoms with Crippen LogP contribution in [0.4, 0.5) is 10.5 Å². The molecule has 1 aromatic carbocycles. The Hall–Kier alpha value is -2.87. The van der Waals surface area contributed by atoms with Crippen molar-refractivity contribution in [1.82, 2.24) is 20.0 Å². The third-order valence-corrected chi connectivity index (χ3v) is 4.35. The highest BCUT2D eigenvalue weighted by molar-refractivity contribution is 5.89. The average Bonchev–Trinajstić information content (AvgIpc) is 3.06. The van der Waals surface area contributed by atoms with E-state index in [1.807, 2.05) is 30.3 Å². The summed E-state index contributed by atoms with van der Waals surface area (Å²) in [7, 11) is 1.51. The molecule has 8 heteroatoms. The van der Waals surface area contributed by atoms with Crippen LogP contribution < -0.4 is 5.32 Å². The highest BCUT2D eigenvalue weighted by atomic mass is 16.5. The number of nitrogens with zero attached hydrogens (tertiary/aromatic N) is 3. The van der Waals surface area contributed by atoms with Gasteiger partial charge < -0.3 is 19.9 Å². The van der Waals surface area contributed by atoms with Crippen LogP contribution in [0.15, 0.2) is 36.5 Å². The van der Waals surface area contributed by atoms with E-state index in [0.717, 1.165) is 23.4 Å². The van der Waals surface area contributed by atoms with E-state index in [0.29, 0.717) is 26.2 Å². The summed E-state index contributed by atoms with van der Waals surface area (Å²) in [6.45, 7) is 2.37. The standard InChI is InChI=1S/C18H23N5O3/c1-26-13-17(24)22-9-2-10-23(12-11-22)18(25)20-15-5-3-14(4-6-15)16-7-8-19-21-16/h3-8H,2,9-13H2,1H3,(H,19,21)(H,20,25). The number of hydrogen-bond acceptors (Lipinski definition) is 4. The molecule has 0 atom stereocenters. The first-order chi connectivity index (χ1) is 12.7. The second kappa shape index (κ2) is 8.48. The van der Waals surface area contributed by atoms with Crippen molar-refractivity contribution in [3.8, 4) is 11.3 Å². The maximum atomic E-state index is 12.5. The molecule has 3 amide bonds. The number of nitrogens with one attached hydrogen (secondary N) is 2. The molecule has 1 saturated heterocycles. The number of methoxy groups -OCH3 is 1. The second-order valence-electron chi connectivity index (χ2n) is 6.13. The average molecular weight is 357 g/mol. The zero-order valence-electron chi connectivity index (χ0n) is 14.8. The monoisotopic (exact) mass is 357 g/mol. The number of urea groups is 1. The van der Waals surface area contributed by atoms with E-state index in [-0.39, 0.29) is 18.5 Å². The largest absolute Gasteiger partial charge is 0.375 e. The van der Waals surface area contributed by atoms with Crippen molar-refractivity contribution >= 4 is 17.6 Å². The van der Waals surface area contributed by atoms with Crippen LogP contribution in [0.3, 0.4) is 0 Å². The molecule has 0 unspecified atom stereocenters. The normalized spacial score (nSPS) is 14.8. The fourth-order valence-corrected chi connectivity index (χ4v) is 2.94. The molecule has 2 N–H and O–H groups in total. The first-order valence-electron chi connectivity index (χ1n) is 8.60. The van der Waals surface area contributed by atoms with Gasteiger partial charge in [0, 0.05) is 45.2 Å². The minimum Gasteiger partial charge on any atom is -0.375 e. The van der Waals surface area contributed by atoms with Gasteiger partial charge in [-0.3, -0.25) is 9.89 Å². The lowest BCUT2D eigenvalue weighted by molar-refractivity contribution is -0.134. The number of hydrogen-bond donors (Lipinski definition) is 2.